The monoisotopic (exact) mass is 592 g/mol. The van der Waals surface area contributed by atoms with Crippen LogP contribution in [0.1, 0.15) is 54.9 Å². The lowest BCUT2D eigenvalue weighted by Crippen LogP contribution is -2.67. The Balaban J connectivity index is 1.57. The molecule has 2 aromatic carbocycles. The summed E-state index contributed by atoms with van der Waals surface area (Å²) in [4.78, 5) is 12.3. The van der Waals surface area contributed by atoms with Gasteiger partial charge in [0.1, 0.15) is 6.10 Å². The summed E-state index contributed by atoms with van der Waals surface area (Å²) in [6.07, 6.45) is -0.292. The van der Waals surface area contributed by atoms with Gasteiger partial charge in [-0.25, -0.2) is 0 Å². The van der Waals surface area contributed by atoms with Crippen molar-refractivity contribution < 1.29 is 23.1 Å². The van der Waals surface area contributed by atoms with Crippen LogP contribution in [-0.2, 0) is 23.1 Å². The van der Waals surface area contributed by atoms with Gasteiger partial charge in [-0.2, -0.15) is 0 Å². The molecule has 5 atom stereocenters. The summed E-state index contributed by atoms with van der Waals surface area (Å²) in [6, 6.07) is 21.6. The van der Waals surface area contributed by atoms with Gasteiger partial charge in [-0.05, 0) is 51.6 Å². The second-order valence-electron chi connectivity index (χ2n) is 14.7. The molecule has 2 aromatic rings. The van der Waals surface area contributed by atoms with E-state index in [9.17, 15) is 4.79 Å². The lowest BCUT2D eigenvalue weighted by atomic mass is 9.85. The number of esters is 1. The van der Waals surface area contributed by atoms with Crippen LogP contribution < -0.4 is 10.4 Å². The fraction of sp³-hybridized carbons (Fsp3) is 0.559. The smallest absolute Gasteiger partial charge is 0.309 e. The third kappa shape index (κ3) is 5.33. The van der Waals surface area contributed by atoms with Crippen molar-refractivity contribution in [3.05, 3.63) is 71.8 Å². The molecule has 0 bridgehead atoms. The summed E-state index contributed by atoms with van der Waals surface area (Å²) in [6.45, 7) is 21.8. The van der Waals surface area contributed by atoms with Gasteiger partial charge >= 0.3 is 5.97 Å². The van der Waals surface area contributed by atoms with Crippen LogP contribution in [-0.4, -0.2) is 54.1 Å². The molecule has 41 heavy (non-hydrogen) atoms. The molecule has 2 heterocycles. The first kappa shape index (κ1) is 30.4. The largest absolute Gasteiger partial charge is 0.455 e. The fourth-order valence-electron chi connectivity index (χ4n) is 6.90. The molecule has 0 N–H and O–H groups in total. The van der Waals surface area contributed by atoms with E-state index in [1.165, 1.54) is 21.5 Å². The molecule has 0 radical (unpaired) electrons. The average molecular weight is 593 g/mol. The highest BCUT2D eigenvalue weighted by Gasteiger charge is 2.56. The van der Waals surface area contributed by atoms with Crippen molar-refractivity contribution in [1.82, 2.24) is 0 Å². The first-order valence-corrected chi connectivity index (χ1v) is 19.9. The van der Waals surface area contributed by atoms with Crippen molar-refractivity contribution in [2.75, 3.05) is 13.2 Å². The zero-order valence-corrected chi connectivity index (χ0v) is 28.3. The predicted octanol–water partition coefficient (Wildman–Crippen LogP) is 6.23. The van der Waals surface area contributed by atoms with E-state index in [1.54, 1.807) is 0 Å². The molecule has 2 saturated heterocycles. The minimum Gasteiger partial charge on any atom is -0.455 e. The Labute approximate surface area is 248 Å². The quantitative estimate of drug-likeness (QED) is 0.217. The van der Waals surface area contributed by atoms with E-state index >= 15 is 0 Å². The zero-order chi connectivity index (χ0) is 29.8. The number of rotatable bonds is 7. The highest BCUT2D eigenvalue weighted by atomic mass is 28.4. The number of ether oxygens (including phenoxy) is 2. The molecule has 0 amide bonds. The van der Waals surface area contributed by atoms with Crippen LogP contribution in [0.15, 0.2) is 71.8 Å². The van der Waals surface area contributed by atoms with E-state index in [-0.39, 0.29) is 46.2 Å². The van der Waals surface area contributed by atoms with Crippen molar-refractivity contribution in [3.8, 4) is 0 Å². The van der Waals surface area contributed by atoms with Gasteiger partial charge in [-0.3, -0.25) is 4.79 Å². The van der Waals surface area contributed by atoms with E-state index < -0.39 is 16.6 Å². The predicted molar refractivity (Wildman–Crippen MR) is 170 cm³/mol. The van der Waals surface area contributed by atoms with Crippen LogP contribution in [0, 0.1) is 11.8 Å². The normalized spacial score (nSPS) is 27.0. The highest BCUT2D eigenvalue weighted by Crippen LogP contribution is 2.50. The van der Waals surface area contributed by atoms with Gasteiger partial charge < -0.3 is 18.3 Å². The minimum absolute atomic E-state index is 0.0635. The molecular formula is C34H48O5Si2. The van der Waals surface area contributed by atoms with E-state index in [0.717, 1.165) is 0 Å². The molecule has 0 unspecified atom stereocenters. The summed E-state index contributed by atoms with van der Waals surface area (Å²) >= 11 is 0. The maximum absolute atomic E-state index is 12.3. The van der Waals surface area contributed by atoms with Gasteiger partial charge in [0, 0.05) is 18.4 Å². The summed E-state index contributed by atoms with van der Waals surface area (Å²) in [5, 5.41) is 2.49. The Morgan fingerprint density at radius 1 is 0.878 bits per heavy atom. The molecule has 0 spiro atoms. The second kappa shape index (κ2) is 10.9. The van der Waals surface area contributed by atoms with E-state index in [4.69, 9.17) is 18.3 Å². The standard InChI is InChI=1S/C34H48O5Si2/c1-23-30-26(21-36-28-20-29(35)38-32(28)30)27(31(23)39-40(8,9)33(2,3)4)22-37-41(34(5,6)7,24-16-12-10-13-17-24)25-18-14-11-15-19-25/h10-19,26-28,31-32H,20-22H2,1-9H3/t26-,27+,28-,31-,32+/m1/s1. The Morgan fingerprint density at radius 3 is 1.95 bits per heavy atom. The summed E-state index contributed by atoms with van der Waals surface area (Å²) in [5.74, 6) is -0.00835. The molecule has 222 valence electrons. The third-order valence-corrected chi connectivity index (χ3v) is 19.5. The van der Waals surface area contributed by atoms with Crippen LogP contribution in [0.25, 0.3) is 0 Å². The van der Waals surface area contributed by atoms with Crippen LogP contribution >= 0.6 is 0 Å². The van der Waals surface area contributed by atoms with Gasteiger partial charge in [-0.15, -0.1) is 0 Å². The molecule has 1 aliphatic carbocycles. The van der Waals surface area contributed by atoms with Crippen LogP contribution in [0.4, 0.5) is 0 Å². The first-order chi connectivity index (χ1) is 19.2. The molecule has 0 aromatic heterocycles. The molecule has 2 aliphatic heterocycles. The molecule has 7 heteroatoms. The van der Waals surface area contributed by atoms with Crippen molar-refractivity contribution in [2.24, 2.45) is 11.8 Å². The number of hydrogen-bond donors (Lipinski definition) is 0. The van der Waals surface area contributed by atoms with Crippen LogP contribution in [0.5, 0.6) is 0 Å². The van der Waals surface area contributed by atoms with Crippen molar-refractivity contribution in [3.63, 3.8) is 0 Å². The summed E-state index contributed by atoms with van der Waals surface area (Å²) < 4.78 is 26.9. The van der Waals surface area contributed by atoms with Gasteiger partial charge in [0.05, 0.1) is 19.1 Å². The zero-order valence-electron chi connectivity index (χ0n) is 26.3. The summed E-state index contributed by atoms with van der Waals surface area (Å²) in [5.41, 5.74) is 2.43. The third-order valence-electron chi connectivity index (χ3n) is 10.1. The number of fused-ring (bicyclic) bond motifs is 3. The fourth-order valence-corrected chi connectivity index (χ4v) is 12.8. The topological polar surface area (TPSA) is 54.0 Å². The SMILES string of the molecule is CC1=C2[C@H]3OC(=O)C[C@H]3OC[C@@H]2[C@H](CO[Si](c2ccccc2)(c2ccccc2)C(C)(C)C)[C@@H]1O[Si](C)(C)C(C)(C)C. The molecule has 5 rings (SSSR count). The Kier molecular flexibility index (Phi) is 8.09. The highest BCUT2D eigenvalue weighted by molar-refractivity contribution is 6.99. The van der Waals surface area contributed by atoms with Gasteiger partial charge in [0.15, 0.2) is 14.4 Å². The maximum atomic E-state index is 12.3. The number of carbonyl (C=O) groups is 1. The van der Waals surface area contributed by atoms with Crippen molar-refractivity contribution in [2.45, 2.75) is 96.4 Å². The van der Waals surface area contributed by atoms with Gasteiger partial charge in [0.2, 0.25) is 0 Å². The average Bonchev–Trinajstić information content (AvgIpc) is 3.40. The number of hydrogen-bond acceptors (Lipinski definition) is 5. The van der Waals surface area contributed by atoms with E-state index in [1.807, 2.05) is 0 Å². The molecule has 2 fully saturated rings. The number of carbonyl (C=O) groups excluding carboxylic acids is 1. The van der Waals surface area contributed by atoms with Crippen molar-refractivity contribution in [1.29, 1.82) is 0 Å². The van der Waals surface area contributed by atoms with Crippen LogP contribution in [0.3, 0.4) is 0 Å². The molecular weight excluding hydrogens is 545 g/mol. The van der Waals surface area contributed by atoms with Gasteiger partial charge in [0.25, 0.3) is 8.32 Å². The Bertz CT molecular complexity index is 1240. The van der Waals surface area contributed by atoms with E-state index in [2.05, 4.69) is 122 Å². The Morgan fingerprint density at radius 2 is 1.44 bits per heavy atom. The van der Waals surface area contributed by atoms with E-state index in [0.29, 0.717) is 19.6 Å². The van der Waals surface area contributed by atoms with Crippen LogP contribution in [0.2, 0.25) is 23.2 Å². The molecule has 3 aliphatic rings. The first-order valence-electron chi connectivity index (χ1n) is 15.1. The lowest BCUT2D eigenvalue weighted by Gasteiger charge is -2.45. The number of benzene rings is 2. The minimum atomic E-state index is -2.75. The summed E-state index contributed by atoms with van der Waals surface area (Å²) in [7, 11) is -4.88. The molecule has 0 saturated carbocycles. The molecule has 5 nitrogen and oxygen atoms in total. The Hall–Kier alpha value is -2.04. The second-order valence-corrected chi connectivity index (χ2v) is 23.7. The maximum Gasteiger partial charge on any atom is 0.309 e. The van der Waals surface area contributed by atoms with Gasteiger partial charge in [-0.1, -0.05) is 102 Å². The van der Waals surface area contributed by atoms with Crippen molar-refractivity contribution >= 4 is 33.0 Å². The lowest BCUT2D eigenvalue weighted by molar-refractivity contribution is -0.141.